The van der Waals surface area contributed by atoms with Crippen LogP contribution in [0.15, 0.2) is 24.0 Å². The molecule has 2 amide bonds. The van der Waals surface area contributed by atoms with Gasteiger partial charge in [-0.2, -0.15) is 0 Å². The van der Waals surface area contributed by atoms with Crippen molar-refractivity contribution in [2.75, 3.05) is 6.61 Å². The first kappa shape index (κ1) is 29.7. The Morgan fingerprint density at radius 1 is 1.28 bits per heavy atom. The molecule has 2 heterocycles. The van der Waals surface area contributed by atoms with Crippen molar-refractivity contribution in [2.45, 2.75) is 110 Å². The van der Waals surface area contributed by atoms with Crippen molar-refractivity contribution in [1.82, 2.24) is 10.2 Å². The summed E-state index contributed by atoms with van der Waals surface area (Å²) in [4.78, 5) is 40.7. The van der Waals surface area contributed by atoms with Crippen molar-refractivity contribution in [1.29, 1.82) is 0 Å². The molecule has 0 aromatic carbocycles. The summed E-state index contributed by atoms with van der Waals surface area (Å²) in [5.41, 5.74) is 6.26. The van der Waals surface area contributed by atoms with E-state index in [1.54, 1.807) is 6.92 Å². The van der Waals surface area contributed by atoms with E-state index >= 15 is 0 Å². The second kappa shape index (κ2) is 11.3. The molecule has 7 atom stereocenters. The zero-order chi connectivity index (χ0) is 28.7. The summed E-state index contributed by atoms with van der Waals surface area (Å²) in [6, 6.07) is -0.850. The maximum Gasteiger partial charge on any atom is 0.481 e. The predicted octanol–water partition coefficient (Wildman–Crippen LogP) is 3.48. The van der Waals surface area contributed by atoms with E-state index < -0.39 is 25.0 Å². The molecule has 3 aliphatic carbocycles. The number of nitrogens with two attached hydrogens (primary N) is 1. The summed E-state index contributed by atoms with van der Waals surface area (Å²) < 4.78 is 18.4. The fourth-order valence-electron chi connectivity index (χ4n) is 7.02. The van der Waals surface area contributed by atoms with Crippen LogP contribution >= 0.6 is 0 Å². The molecule has 5 rings (SSSR count). The fourth-order valence-corrected chi connectivity index (χ4v) is 7.02. The molecule has 2 aliphatic heterocycles. The van der Waals surface area contributed by atoms with Crippen LogP contribution in [0.1, 0.15) is 86.5 Å². The number of nitrogens with one attached hydrogen (secondary N) is 1. The number of ether oxygens (including phenoxy) is 1. The van der Waals surface area contributed by atoms with Gasteiger partial charge in [-0.3, -0.25) is 19.3 Å². The number of hydrogen-bond donors (Lipinski definition) is 2. The fraction of sp³-hybridized carbons (Fsp3) is 0.759. The Bertz CT molecular complexity index is 1030. The number of amides is 2. The largest absolute Gasteiger partial charge is 0.481 e. The first-order valence-electron chi connectivity index (χ1n) is 14.6. The van der Waals surface area contributed by atoms with Crippen LogP contribution in [-0.2, 0) is 28.4 Å². The van der Waals surface area contributed by atoms with Gasteiger partial charge in [-0.15, -0.1) is 0 Å². The molecule has 0 aromatic heterocycles. The Labute approximate surface area is 233 Å². The van der Waals surface area contributed by atoms with Gasteiger partial charge in [-0.05, 0) is 63.2 Å². The van der Waals surface area contributed by atoms with Crippen molar-refractivity contribution in [3.63, 3.8) is 0 Å². The van der Waals surface area contributed by atoms with Crippen LogP contribution in [0.25, 0.3) is 0 Å². The van der Waals surface area contributed by atoms with Gasteiger partial charge in [0.15, 0.2) is 0 Å². The second-order valence-corrected chi connectivity index (χ2v) is 12.6. The predicted molar refractivity (Wildman–Crippen MR) is 149 cm³/mol. The first-order chi connectivity index (χ1) is 18.4. The molecule has 3 N–H and O–H groups in total. The van der Waals surface area contributed by atoms with Crippen molar-refractivity contribution in [3.05, 3.63) is 24.0 Å². The summed E-state index contributed by atoms with van der Waals surface area (Å²) in [6.45, 7) is 16.9. The van der Waals surface area contributed by atoms with Gasteiger partial charge in [-0.1, -0.05) is 46.8 Å². The topological polar surface area (TPSA) is 120 Å². The van der Waals surface area contributed by atoms with Crippen LogP contribution in [0.2, 0.25) is 0 Å². The van der Waals surface area contributed by atoms with Crippen LogP contribution in [0, 0.1) is 23.2 Å². The van der Waals surface area contributed by atoms with Crippen LogP contribution < -0.4 is 11.1 Å². The summed E-state index contributed by atoms with van der Waals surface area (Å²) in [6.07, 6.45) is 6.22. The average molecular weight is 544 g/mol. The van der Waals surface area contributed by atoms with Crippen LogP contribution in [-0.4, -0.2) is 60.1 Å². The quantitative estimate of drug-likeness (QED) is 0.187. The minimum absolute atomic E-state index is 0.00428. The van der Waals surface area contributed by atoms with E-state index in [0.29, 0.717) is 30.6 Å². The number of rotatable bonds is 10. The molecule has 5 unspecified atom stereocenters. The highest BCUT2D eigenvalue weighted by Gasteiger charge is 2.67. The Kier molecular flexibility index (Phi) is 8.57. The number of unbranched alkanes of at least 4 members (excludes halogenated alkanes) is 1. The van der Waals surface area contributed by atoms with E-state index in [0.717, 1.165) is 25.7 Å². The highest BCUT2D eigenvalue weighted by molar-refractivity contribution is 6.47. The molecule has 0 aromatic rings. The summed E-state index contributed by atoms with van der Waals surface area (Å²) in [5.74, 6) is -0.926. The van der Waals surface area contributed by atoms with Gasteiger partial charge in [0.25, 0.3) is 5.91 Å². The Morgan fingerprint density at radius 3 is 2.62 bits per heavy atom. The van der Waals surface area contributed by atoms with Gasteiger partial charge < -0.3 is 25.1 Å². The molecule has 0 spiro atoms. The highest BCUT2D eigenvalue weighted by Crippen LogP contribution is 2.64. The SMILES string of the molecule is C=C1C(CC(=O)OCCCC)CC(C(=O)N[C@@H](CC)B2OC3C4CC(C[C@]3(C)O2)C4(C)C)N1C(=O)/C(N)=C\C. The van der Waals surface area contributed by atoms with Crippen LogP contribution in [0.3, 0.4) is 0 Å². The van der Waals surface area contributed by atoms with E-state index in [4.69, 9.17) is 19.8 Å². The maximum absolute atomic E-state index is 13.7. The minimum Gasteiger partial charge on any atom is -0.466 e. The molecule has 216 valence electrons. The molecular formula is C29H46BN3O6. The van der Waals surface area contributed by atoms with Gasteiger partial charge in [0, 0.05) is 11.6 Å². The molecule has 2 bridgehead atoms. The molecule has 9 nitrogen and oxygen atoms in total. The third kappa shape index (κ3) is 5.39. The van der Waals surface area contributed by atoms with E-state index in [2.05, 4.69) is 32.7 Å². The van der Waals surface area contributed by atoms with E-state index in [-0.39, 0.29) is 53.5 Å². The average Bonchev–Trinajstić information content (AvgIpc) is 3.42. The first-order valence-corrected chi connectivity index (χ1v) is 14.6. The lowest BCUT2D eigenvalue weighted by Gasteiger charge is -2.63. The third-order valence-electron chi connectivity index (χ3n) is 9.78. The standard InChI is InChI=1S/C29H46BN3O6/c1-8-11-12-37-24(34)14-18-13-22(33(17(18)4)27(36)21(31)9-2)26(35)32-23(10-3)30-38-25-20-15-19(28(20,5)6)16-29(25,7)39-30/h9,18-20,22-23,25H,4,8,10-16,31H2,1-3,5-7H3,(H,32,35)/b21-9+/t18?,19?,20?,22?,23-,25?,29-/m0/s1. The van der Waals surface area contributed by atoms with Crippen molar-refractivity contribution >= 4 is 24.9 Å². The molecular weight excluding hydrogens is 497 g/mol. The summed E-state index contributed by atoms with van der Waals surface area (Å²) in [5, 5.41) is 3.10. The van der Waals surface area contributed by atoms with E-state index in [1.165, 1.54) is 11.0 Å². The smallest absolute Gasteiger partial charge is 0.466 e. The lowest BCUT2D eigenvalue weighted by atomic mass is 9.45. The second-order valence-electron chi connectivity index (χ2n) is 12.6. The Balaban J connectivity index is 1.47. The monoisotopic (exact) mass is 543 g/mol. The molecule has 0 radical (unpaired) electrons. The molecule has 10 heteroatoms. The minimum atomic E-state index is -0.850. The lowest BCUT2D eigenvalue weighted by Crippen LogP contribution is -2.63. The van der Waals surface area contributed by atoms with Crippen molar-refractivity contribution in [2.24, 2.45) is 28.9 Å². The summed E-state index contributed by atoms with van der Waals surface area (Å²) in [7, 11) is -0.567. The Hall–Kier alpha value is -2.33. The van der Waals surface area contributed by atoms with Gasteiger partial charge in [0.05, 0.1) is 36.4 Å². The van der Waals surface area contributed by atoms with E-state index in [9.17, 15) is 14.4 Å². The normalized spacial score (nSPS) is 33.8. The van der Waals surface area contributed by atoms with Crippen LogP contribution in [0.4, 0.5) is 0 Å². The molecule has 39 heavy (non-hydrogen) atoms. The van der Waals surface area contributed by atoms with Crippen molar-refractivity contribution < 1.29 is 28.4 Å². The lowest BCUT2D eigenvalue weighted by molar-refractivity contribution is -0.185. The maximum atomic E-state index is 13.7. The zero-order valence-corrected chi connectivity index (χ0v) is 24.5. The number of esters is 1. The zero-order valence-electron chi connectivity index (χ0n) is 24.5. The number of carbonyl (C=O) groups is 3. The molecule has 5 fully saturated rings. The number of carbonyl (C=O) groups excluding carboxylic acids is 3. The Morgan fingerprint density at radius 2 is 2.00 bits per heavy atom. The van der Waals surface area contributed by atoms with Gasteiger partial charge in [0.2, 0.25) is 5.91 Å². The van der Waals surface area contributed by atoms with Crippen LogP contribution in [0.5, 0.6) is 0 Å². The van der Waals surface area contributed by atoms with Crippen molar-refractivity contribution in [3.8, 4) is 0 Å². The van der Waals surface area contributed by atoms with Gasteiger partial charge in [-0.25, -0.2) is 0 Å². The highest BCUT2D eigenvalue weighted by atomic mass is 16.7. The van der Waals surface area contributed by atoms with Gasteiger partial charge >= 0.3 is 13.1 Å². The summed E-state index contributed by atoms with van der Waals surface area (Å²) >= 11 is 0. The third-order valence-corrected chi connectivity index (χ3v) is 9.78. The number of hydrogen-bond acceptors (Lipinski definition) is 7. The number of nitrogens with zero attached hydrogens (tertiary/aromatic N) is 1. The van der Waals surface area contributed by atoms with Gasteiger partial charge in [0.1, 0.15) is 6.04 Å². The molecule has 5 aliphatic rings. The molecule has 2 saturated heterocycles. The van der Waals surface area contributed by atoms with E-state index in [1.807, 2.05) is 13.8 Å². The number of allylic oxidation sites excluding steroid dienone is 2. The number of likely N-dealkylation sites (tertiary alicyclic amines) is 1. The molecule has 3 saturated carbocycles.